The van der Waals surface area contributed by atoms with E-state index in [1.54, 1.807) is 12.1 Å². The Balaban J connectivity index is 2.36. The molecule has 8 heteroatoms. The average Bonchev–Trinajstić information content (AvgIpc) is 2.55. The molecule has 1 aromatic heterocycles. The van der Waals surface area contributed by atoms with Gasteiger partial charge in [0.05, 0.1) is 11.4 Å². The molecule has 0 bridgehead atoms. The van der Waals surface area contributed by atoms with Crippen LogP contribution in [0, 0.1) is 0 Å². The number of aromatic amines is 1. The number of sulfone groups is 1. The molecule has 0 saturated carbocycles. The Kier molecular flexibility index (Phi) is 3.55. The Morgan fingerprint density at radius 3 is 2.53 bits per heavy atom. The molecule has 0 aliphatic heterocycles. The van der Waals surface area contributed by atoms with Crippen LogP contribution < -0.4 is 11.3 Å². The van der Waals surface area contributed by atoms with E-state index in [2.05, 4.69) is 21.0 Å². The van der Waals surface area contributed by atoms with Crippen molar-refractivity contribution in [2.45, 2.75) is 11.4 Å². The summed E-state index contributed by atoms with van der Waals surface area (Å²) in [5.41, 5.74) is 6.02. The van der Waals surface area contributed by atoms with Crippen LogP contribution in [0.4, 0.5) is 5.82 Å². The maximum atomic E-state index is 11.5. The Bertz CT molecular complexity index is 777. The van der Waals surface area contributed by atoms with Crippen LogP contribution >= 0.6 is 15.9 Å². The van der Waals surface area contributed by atoms with Crippen LogP contribution in [0.2, 0.25) is 0 Å². The van der Waals surface area contributed by atoms with Gasteiger partial charge in [-0.05, 0) is 33.6 Å². The Labute approximate surface area is 118 Å². The van der Waals surface area contributed by atoms with E-state index >= 15 is 0 Å². The van der Waals surface area contributed by atoms with Crippen molar-refractivity contribution in [2.24, 2.45) is 0 Å². The number of H-pyrrole nitrogens is 1. The van der Waals surface area contributed by atoms with Gasteiger partial charge in [-0.2, -0.15) is 0 Å². The van der Waals surface area contributed by atoms with Crippen LogP contribution in [0.5, 0.6) is 0 Å². The van der Waals surface area contributed by atoms with Crippen LogP contribution in [-0.2, 0) is 16.4 Å². The summed E-state index contributed by atoms with van der Waals surface area (Å²) >= 11 is 3.22. The zero-order valence-corrected chi connectivity index (χ0v) is 12.5. The third-order valence-corrected chi connectivity index (χ3v) is 4.62. The van der Waals surface area contributed by atoms with E-state index in [1.165, 1.54) is 16.8 Å². The highest BCUT2D eigenvalue weighted by molar-refractivity contribution is 9.10. The molecule has 0 saturated heterocycles. The number of benzene rings is 1. The van der Waals surface area contributed by atoms with E-state index < -0.39 is 9.84 Å². The normalized spacial score (nSPS) is 11.7. The number of nitrogens with zero attached hydrogens (tertiary/aromatic N) is 1. The van der Waals surface area contributed by atoms with Gasteiger partial charge in [-0.3, -0.25) is 9.89 Å². The molecule has 0 aliphatic carbocycles. The topological polar surface area (TPSA) is 97.9 Å². The van der Waals surface area contributed by atoms with Crippen LogP contribution in [0.25, 0.3) is 0 Å². The average molecular weight is 346 g/mol. The number of nitrogens with one attached hydrogen (secondary N) is 1. The van der Waals surface area contributed by atoms with Crippen molar-refractivity contribution in [1.29, 1.82) is 0 Å². The summed E-state index contributed by atoms with van der Waals surface area (Å²) in [6.45, 7) is 0.290. The van der Waals surface area contributed by atoms with Gasteiger partial charge in [0, 0.05) is 16.8 Å². The summed E-state index contributed by atoms with van der Waals surface area (Å²) < 4.78 is 24.8. The van der Waals surface area contributed by atoms with Crippen molar-refractivity contribution in [3.8, 4) is 0 Å². The molecule has 0 atom stereocenters. The Morgan fingerprint density at radius 2 is 2.05 bits per heavy atom. The van der Waals surface area contributed by atoms with Gasteiger partial charge in [0.2, 0.25) is 0 Å². The van der Waals surface area contributed by atoms with Crippen molar-refractivity contribution < 1.29 is 8.42 Å². The minimum Gasteiger partial charge on any atom is -0.384 e. The second-order valence-corrected chi connectivity index (χ2v) is 7.01. The van der Waals surface area contributed by atoms with Gasteiger partial charge in [0.1, 0.15) is 5.82 Å². The number of nitrogen functional groups attached to an aromatic ring is 1. The molecule has 3 N–H and O–H groups in total. The van der Waals surface area contributed by atoms with Gasteiger partial charge in [-0.1, -0.05) is 6.07 Å². The molecule has 1 aromatic carbocycles. The second-order valence-electron chi connectivity index (χ2n) is 4.17. The van der Waals surface area contributed by atoms with E-state index in [1.807, 2.05) is 0 Å². The first-order valence-electron chi connectivity index (χ1n) is 5.31. The summed E-state index contributed by atoms with van der Waals surface area (Å²) in [4.78, 5) is 11.7. The lowest BCUT2D eigenvalue weighted by atomic mass is 10.2. The van der Waals surface area contributed by atoms with Crippen molar-refractivity contribution in [3.05, 3.63) is 44.7 Å². The zero-order chi connectivity index (χ0) is 14.2. The van der Waals surface area contributed by atoms with Gasteiger partial charge < -0.3 is 5.73 Å². The largest absolute Gasteiger partial charge is 0.384 e. The van der Waals surface area contributed by atoms with Gasteiger partial charge >= 0.3 is 0 Å². The maximum absolute atomic E-state index is 11.5. The van der Waals surface area contributed by atoms with Crippen molar-refractivity contribution >= 4 is 31.6 Å². The summed E-state index contributed by atoms with van der Waals surface area (Å²) in [5.74, 6) is 0.289. The monoisotopic (exact) mass is 345 g/mol. The van der Waals surface area contributed by atoms with Gasteiger partial charge in [-0.25, -0.2) is 13.1 Å². The number of hydrogen-bond donors (Lipinski definition) is 2. The van der Waals surface area contributed by atoms with Crippen LogP contribution in [-0.4, -0.2) is 24.5 Å². The molecule has 0 amide bonds. The summed E-state index contributed by atoms with van der Waals surface area (Å²) in [7, 11) is -3.27. The molecule has 19 heavy (non-hydrogen) atoms. The molecule has 0 unspecified atom stereocenters. The smallest absolute Gasteiger partial charge is 0.268 e. The highest BCUT2D eigenvalue weighted by atomic mass is 79.9. The SMILES string of the molecule is CS(=O)(=O)c1ccc(Cn2[nH]c(N)cc2=O)cc1Br. The summed E-state index contributed by atoms with van der Waals surface area (Å²) in [6.07, 6.45) is 1.14. The molecule has 6 nitrogen and oxygen atoms in total. The predicted octanol–water partition coefficient (Wildman–Crippen LogP) is 0.973. The first kappa shape index (κ1) is 13.9. The number of anilines is 1. The van der Waals surface area contributed by atoms with Gasteiger partial charge in [0.25, 0.3) is 5.56 Å². The molecule has 1 heterocycles. The molecule has 2 rings (SSSR count). The second kappa shape index (κ2) is 4.86. The van der Waals surface area contributed by atoms with Gasteiger partial charge in [0.15, 0.2) is 9.84 Å². The maximum Gasteiger partial charge on any atom is 0.268 e. The first-order chi connectivity index (χ1) is 8.77. The van der Waals surface area contributed by atoms with Crippen LogP contribution in [0.15, 0.2) is 38.4 Å². The van der Waals surface area contributed by atoms with E-state index in [0.717, 1.165) is 11.8 Å². The first-order valence-corrected chi connectivity index (χ1v) is 7.99. The number of rotatable bonds is 3. The molecule has 102 valence electrons. The highest BCUT2D eigenvalue weighted by Gasteiger charge is 2.12. The number of aromatic nitrogens is 2. The highest BCUT2D eigenvalue weighted by Crippen LogP contribution is 2.23. The van der Waals surface area contributed by atoms with Crippen molar-refractivity contribution in [3.63, 3.8) is 0 Å². The third kappa shape index (κ3) is 3.07. The minimum absolute atomic E-state index is 0.217. The molecule has 0 radical (unpaired) electrons. The molecule has 2 aromatic rings. The predicted molar refractivity (Wildman–Crippen MR) is 75.8 cm³/mol. The zero-order valence-electron chi connectivity index (χ0n) is 10.1. The van der Waals surface area contributed by atoms with Crippen molar-refractivity contribution in [2.75, 3.05) is 12.0 Å². The lowest BCUT2D eigenvalue weighted by Gasteiger charge is -2.06. The van der Waals surface area contributed by atoms with Gasteiger partial charge in [-0.15, -0.1) is 0 Å². The molecular formula is C11H12BrN3O3S. The Morgan fingerprint density at radius 1 is 1.37 bits per heavy atom. The van der Waals surface area contributed by atoms with E-state index in [4.69, 9.17) is 5.73 Å². The fourth-order valence-corrected chi connectivity index (χ4v) is 3.73. The molecule has 0 fully saturated rings. The molecule has 0 spiro atoms. The molecular weight excluding hydrogens is 334 g/mol. The van der Waals surface area contributed by atoms with E-state index in [9.17, 15) is 13.2 Å². The summed E-state index contributed by atoms with van der Waals surface area (Å²) in [5, 5.41) is 2.71. The summed E-state index contributed by atoms with van der Waals surface area (Å²) in [6, 6.07) is 6.12. The van der Waals surface area contributed by atoms with Crippen LogP contribution in [0.1, 0.15) is 5.56 Å². The fraction of sp³-hybridized carbons (Fsp3) is 0.182. The third-order valence-electron chi connectivity index (χ3n) is 2.55. The minimum atomic E-state index is -3.27. The number of nitrogens with two attached hydrogens (primary N) is 1. The Hall–Kier alpha value is -1.54. The standard InChI is InChI=1S/C11H12BrN3O3S/c1-19(17,18)9-3-2-7(4-8(9)12)6-15-11(16)5-10(13)14-15/h2-5,14H,6,13H2,1H3. The fourth-order valence-electron chi connectivity index (χ4n) is 1.70. The van der Waals surface area contributed by atoms with E-state index in [-0.39, 0.29) is 16.3 Å². The lowest BCUT2D eigenvalue weighted by Crippen LogP contribution is -2.16. The quantitative estimate of drug-likeness (QED) is 0.865. The van der Waals surface area contributed by atoms with Crippen molar-refractivity contribution in [1.82, 2.24) is 9.78 Å². The van der Waals surface area contributed by atoms with E-state index in [0.29, 0.717) is 11.0 Å². The van der Waals surface area contributed by atoms with Crippen LogP contribution in [0.3, 0.4) is 0 Å². The lowest BCUT2D eigenvalue weighted by molar-refractivity contribution is 0.601. The number of hydrogen-bond acceptors (Lipinski definition) is 4. The number of halogens is 1. The molecule has 0 aliphatic rings.